The van der Waals surface area contributed by atoms with Crippen molar-refractivity contribution in [2.45, 2.75) is 39.5 Å². The molecule has 0 spiro atoms. The van der Waals surface area contributed by atoms with Gasteiger partial charge in [0, 0.05) is 24.2 Å². The smallest absolute Gasteiger partial charge is 0.169 e. The highest BCUT2D eigenvalue weighted by atomic mass is 16.5. The zero-order valence-corrected chi connectivity index (χ0v) is 12.0. The highest BCUT2D eigenvalue weighted by molar-refractivity contribution is 6.00. The molecule has 0 saturated carbocycles. The molecule has 1 saturated heterocycles. The maximum absolute atomic E-state index is 12.9. The van der Waals surface area contributed by atoms with Gasteiger partial charge in [-0.15, -0.1) is 0 Å². The third-order valence-corrected chi connectivity index (χ3v) is 4.45. The fourth-order valence-electron chi connectivity index (χ4n) is 3.28. The van der Waals surface area contributed by atoms with Gasteiger partial charge in [-0.3, -0.25) is 4.79 Å². The van der Waals surface area contributed by atoms with Crippen molar-refractivity contribution < 1.29 is 9.53 Å². The Morgan fingerprint density at radius 1 is 1.26 bits per heavy atom. The van der Waals surface area contributed by atoms with Crippen LogP contribution in [0.5, 0.6) is 0 Å². The van der Waals surface area contributed by atoms with E-state index in [0.29, 0.717) is 11.7 Å². The third-order valence-electron chi connectivity index (χ3n) is 4.45. The Kier molecular flexibility index (Phi) is 4.76. The van der Waals surface area contributed by atoms with Crippen LogP contribution < -0.4 is 0 Å². The van der Waals surface area contributed by atoms with Gasteiger partial charge in [0.1, 0.15) is 0 Å². The van der Waals surface area contributed by atoms with E-state index < -0.39 is 0 Å². The molecular formula is C17H24O2. The molecule has 0 radical (unpaired) electrons. The Bertz CT molecular complexity index is 407. The largest absolute Gasteiger partial charge is 0.381 e. The summed E-state index contributed by atoms with van der Waals surface area (Å²) in [5.41, 5.74) is 0.616. The summed E-state index contributed by atoms with van der Waals surface area (Å²) in [6.45, 7) is 5.91. The SMILES string of the molecule is CCCC(C)(C(=O)c1ccccc1)C1CCOCC1. The summed E-state index contributed by atoms with van der Waals surface area (Å²) in [6.07, 6.45) is 4.03. The highest BCUT2D eigenvalue weighted by Gasteiger charge is 2.41. The van der Waals surface area contributed by atoms with E-state index in [9.17, 15) is 4.79 Å². The maximum Gasteiger partial charge on any atom is 0.169 e. The fraction of sp³-hybridized carbons (Fsp3) is 0.588. The van der Waals surface area contributed by atoms with Crippen molar-refractivity contribution in [2.75, 3.05) is 13.2 Å². The van der Waals surface area contributed by atoms with Crippen LogP contribution in [-0.2, 0) is 4.74 Å². The van der Waals surface area contributed by atoms with Gasteiger partial charge in [-0.1, -0.05) is 50.6 Å². The molecule has 1 heterocycles. The van der Waals surface area contributed by atoms with Crippen LogP contribution in [0.15, 0.2) is 30.3 Å². The molecule has 0 aromatic heterocycles. The molecule has 1 aliphatic heterocycles. The number of rotatable bonds is 5. The van der Waals surface area contributed by atoms with Gasteiger partial charge in [-0.05, 0) is 25.2 Å². The molecule has 1 aromatic rings. The monoisotopic (exact) mass is 260 g/mol. The molecule has 1 atom stereocenters. The van der Waals surface area contributed by atoms with Crippen molar-refractivity contribution in [1.29, 1.82) is 0 Å². The van der Waals surface area contributed by atoms with E-state index in [4.69, 9.17) is 4.74 Å². The van der Waals surface area contributed by atoms with Crippen LogP contribution in [0.2, 0.25) is 0 Å². The van der Waals surface area contributed by atoms with Crippen molar-refractivity contribution in [1.82, 2.24) is 0 Å². The average molecular weight is 260 g/mol. The molecule has 2 rings (SSSR count). The lowest BCUT2D eigenvalue weighted by atomic mass is 9.66. The first-order valence-electron chi connectivity index (χ1n) is 7.36. The molecule has 0 bridgehead atoms. The lowest BCUT2D eigenvalue weighted by Crippen LogP contribution is -2.39. The molecule has 1 aromatic carbocycles. The summed E-state index contributed by atoms with van der Waals surface area (Å²) in [5.74, 6) is 0.760. The van der Waals surface area contributed by atoms with Crippen LogP contribution in [0.3, 0.4) is 0 Å². The molecule has 1 unspecified atom stereocenters. The van der Waals surface area contributed by atoms with Crippen LogP contribution in [0, 0.1) is 11.3 Å². The number of benzene rings is 1. The molecule has 0 aliphatic carbocycles. The Morgan fingerprint density at radius 3 is 2.47 bits per heavy atom. The average Bonchev–Trinajstić information content (AvgIpc) is 2.48. The lowest BCUT2D eigenvalue weighted by Gasteiger charge is -2.38. The number of carbonyl (C=O) groups is 1. The minimum absolute atomic E-state index is 0.236. The van der Waals surface area contributed by atoms with Crippen LogP contribution in [0.25, 0.3) is 0 Å². The predicted molar refractivity (Wildman–Crippen MR) is 77.3 cm³/mol. The normalized spacial score (nSPS) is 19.9. The Labute approximate surface area is 116 Å². The molecule has 2 heteroatoms. The summed E-state index contributed by atoms with van der Waals surface area (Å²) in [4.78, 5) is 12.9. The van der Waals surface area contributed by atoms with Gasteiger partial charge in [0.05, 0.1) is 0 Å². The van der Waals surface area contributed by atoms with Crippen molar-refractivity contribution in [3.63, 3.8) is 0 Å². The van der Waals surface area contributed by atoms with Crippen molar-refractivity contribution in [2.24, 2.45) is 11.3 Å². The molecule has 19 heavy (non-hydrogen) atoms. The van der Waals surface area contributed by atoms with Gasteiger partial charge >= 0.3 is 0 Å². The molecule has 2 nitrogen and oxygen atoms in total. The second-order valence-electron chi connectivity index (χ2n) is 5.75. The number of Topliss-reactive ketones (excluding diaryl/α,β-unsaturated/α-hetero) is 1. The first kappa shape index (κ1) is 14.3. The van der Waals surface area contributed by atoms with E-state index in [0.717, 1.165) is 44.5 Å². The van der Waals surface area contributed by atoms with E-state index in [1.807, 2.05) is 30.3 Å². The van der Waals surface area contributed by atoms with Crippen molar-refractivity contribution >= 4 is 5.78 Å². The third kappa shape index (κ3) is 3.06. The molecule has 0 N–H and O–H groups in total. The Morgan fingerprint density at radius 2 is 1.89 bits per heavy atom. The summed E-state index contributed by atoms with van der Waals surface area (Å²) >= 11 is 0. The van der Waals surface area contributed by atoms with E-state index in [-0.39, 0.29) is 5.41 Å². The first-order chi connectivity index (χ1) is 9.18. The molecule has 1 fully saturated rings. The van der Waals surface area contributed by atoms with Gasteiger partial charge in [-0.25, -0.2) is 0 Å². The van der Waals surface area contributed by atoms with Gasteiger partial charge in [0.15, 0.2) is 5.78 Å². The summed E-state index contributed by atoms with van der Waals surface area (Å²) < 4.78 is 5.45. The summed E-state index contributed by atoms with van der Waals surface area (Å²) in [5, 5.41) is 0. The zero-order chi connectivity index (χ0) is 13.7. The first-order valence-corrected chi connectivity index (χ1v) is 7.36. The van der Waals surface area contributed by atoms with Gasteiger partial charge in [-0.2, -0.15) is 0 Å². The number of hydrogen-bond acceptors (Lipinski definition) is 2. The van der Waals surface area contributed by atoms with Gasteiger partial charge in [0.25, 0.3) is 0 Å². The number of ether oxygens (including phenoxy) is 1. The molecule has 104 valence electrons. The maximum atomic E-state index is 12.9. The predicted octanol–water partition coefficient (Wildman–Crippen LogP) is 4.10. The Hall–Kier alpha value is -1.15. The van der Waals surface area contributed by atoms with Crippen LogP contribution in [0.4, 0.5) is 0 Å². The highest BCUT2D eigenvalue weighted by Crippen LogP contribution is 2.41. The van der Waals surface area contributed by atoms with Crippen molar-refractivity contribution in [3.8, 4) is 0 Å². The summed E-state index contributed by atoms with van der Waals surface area (Å²) in [6, 6.07) is 9.74. The van der Waals surface area contributed by atoms with Crippen LogP contribution in [0.1, 0.15) is 49.9 Å². The van der Waals surface area contributed by atoms with E-state index in [1.165, 1.54) is 0 Å². The van der Waals surface area contributed by atoms with E-state index in [2.05, 4.69) is 13.8 Å². The summed E-state index contributed by atoms with van der Waals surface area (Å²) in [7, 11) is 0. The molecular weight excluding hydrogens is 236 g/mol. The second-order valence-corrected chi connectivity index (χ2v) is 5.75. The number of ketones is 1. The van der Waals surface area contributed by atoms with E-state index >= 15 is 0 Å². The fourth-order valence-corrected chi connectivity index (χ4v) is 3.28. The standard InChI is InChI=1S/C17H24O2/c1-3-11-17(2,15-9-12-19-13-10-15)16(18)14-7-5-4-6-8-14/h4-8,15H,3,9-13H2,1-2H3. The van der Waals surface area contributed by atoms with Crippen LogP contribution >= 0.6 is 0 Å². The van der Waals surface area contributed by atoms with Crippen LogP contribution in [-0.4, -0.2) is 19.0 Å². The van der Waals surface area contributed by atoms with Gasteiger partial charge in [0.2, 0.25) is 0 Å². The zero-order valence-electron chi connectivity index (χ0n) is 12.0. The van der Waals surface area contributed by atoms with E-state index in [1.54, 1.807) is 0 Å². The number of hydrogen-bond donors (Lipinski definition) is 0. The molecule has 1 aliphatic rings. The Balaban J connectivity index is 2.25. The lowest BCUT2D eigenvalue weighted by molar-refractivity contribution is 0.0150. The van der Waals surface area contributed by atoms with Gasteiger partial charge < -0.3 is 4.74 Å². The minimum atomic E-state index is -0.236. The quantitative estimate of drug-likeness (QED) is 0.745. The minimum Gasteiger partial charge on any atom is -0.381 e. The second kappa shape index (κ2) is 6.33. The van der Waals surface area contributed by atoms with Crippen molar-refractivity contribution in [3.05, 3.63) is 35.9 Å². The molecule has 0 amide bonds. The number of carbonyl (C=O) groups excluding carboxylic acids is 1. The topological polar surface area (TPSA) is 26.3 Å².